The Hall–Kier alpha value is -2.99. The fourth-order valence-corrected chi connectivity index (χ4v) is 2.90. The highest BCUT2D eigenvalue weighted by Gasteiger charge is 2.38. The summed E-state index contributed by atoms with van der Waals surface area (Å²) in [5, 5.41) is 3.96. The molecule has 0 unspecified atom stereocenters. The molecule has 0 amide bonds. The minimum Gasteiger partial charge on any atom is -0.484 e. The second kappa shape index (κ2) is 6.72. The number of aromatic nitrogens is 2. The summed E-state index contributed by atoms with van der Waals surface area (Å²) in [6.07, 6.45) is 2.85. The lowest BCUT2D eigenvalue weighted by atomic mass is 9.77. The number of rotatable bonds is 6. The third kappa shape index (κ3) is 3.23. The monoisotopic (exact) mass is 349 g/mol. The average Bonchev–Trinajstić information content (AvgIpc) is 3.14. The summed E-state index contributed by atoms with van der Waals surface area (Å²) in [4.78, 5) is 16.7. The summed E-state index contributed by atoms with van der Waals surface area (Å²) >= 11 is 0. The maximum atomic E-state index is 12.4. The molecule has 0 atom stereocenters. The maximum Gasteiger partial charge on any atom is 0.264 e. The molecule has 1 aliphatic carbocycles. The van der Waals surface area contributed by atoms with Crippen molar-refractivity contribution in [3.8, 4) is 5.75 Å². The molecule has 1 aromatic heterocycles. The Kier molecular flexibility index (Phi) is 4.26. The van der Waals surface area contributed by atoms with E-state index in [1.165, 1.54) is 0 Å². The molecule has 1 aliphatic rings. The number of benzene rings is 2. The molecule has 1 fully saturated rings. The first-order valence-electron chi connectivity index (χ1n) is 8.59. The van der Waals surface area contributed by atoms with Gasteiger partial charge in [-0.15, -0.1) is 0 Å². The van der Waals surface area contributed by atoms with Crippen LogP contribution in [0.1, 0.15) is 46.9 Å². The molecule has 2 N–H and O–H groups in total. The molecule has 0 bridgehead atoms. The van der Waals surface area contributed by atoms with E-state index in [0.29, 0.717) is 28.6 Å². The van der Waals surface area contributed by atoms with Crippen molar-refractivity contribution in [2.24, 2.45) is 5.73 Å². The number of carbonyl (C=O) groups excluding carboxylic acids is 1. The molecule has 0 saturated heterocycles. The second-order valence-corrected chi connectivity index (χ2v) is 6.53. The number of ketones is 1. The van der Waals surface area contributed by atoms with Gasteiger partial charge < -0.3 is 15.0 Å². The van der Waals surface area contributed by atoms with Gasteiger partial charge in [0.1, 0.15) is 5.75 Å². The second-order valence-electron chi connectivity index (χ2n) is 6.53. The van der Waals surface area contributed by atoms with Gasteiger partial charge in [-0.2, -0.15) is 4.98 Å². The van der Waals surface area contributed by atoms with Crippen molar-refractivity contribution in [1.29, 1.82) is 0 Å². The molecule has 0 radical (unpaired) electrons. The van der Waals surface area contributed by atoms with Gasteiger partial charge >= 0.3 is 0 Å². The van der Waals surface area contributed by atoms with Crippen LogP contribution in [0.3, 0.4) is 0 Å². The Balaban J connectivity index is 1.38. The van der Waals surface area contributed by atoms with Gasteiger partial charge in [0.2, 0.25) is 0 Å². The summed E-state index contributed by atoms with van der Waals surface area (Å²) in [6.45, 7) is 0.162. The van der Waals surface area contributed by atoms with E-state index in [9.17, 15) is 4.79 Å². The molecule has 3 aromatic rings. The SMILES string of the molecule is NC1(c2noc(COc3ccc(C(=O)c4ccccc4)cc3)n2)CCC1. The van der Waals surface area contributed by atoms with E-state index in [1.54, 1.807) is 36.4 Å². The molecule has 2 aromatic carbocycles. The van der Waals surface area contributed by atoms with Crippen molar-refractivity contribution in [3.63, 3.8) is 0 Å². The number of nitrogens with zero attached hydrogens (tertiary/aromatic N) is 2. The zero-order valence-corrected chi connectivity index (χ0v) is 14.2. The van der Waals surface area contributed by atoms with Gasteiger partial charge in [-0.3, -0.25) is 4.79 Å². The molecular weight excluding hydrogens is 330 g/mol. The van der Waals surface area contributed by atoms with E-state index in [2.05, 4.69) is 10.1 Å². The van der Waals surface area contributed by atoms with Crippen molar-refractivity contribution < 1.29 is 14.1 Å². The number of nitrogens with two attached hydrogens (primary N) is 1. The van der Waals surface area contributed by atoms with Crippen LogP contribution >= 0.6 is 0 Å². The van der Waals surface area contributed by atoms with Gasteiger partial charge in [-0.25, -0.2) is 0 Å². The molecule has 132 valence electrons. The van der Waals surface area contributed by atoms with E-state index < -0.39 is 5.54 Å². The Labute approximate surface area is 151 Å². The van der Waals surface area contributed by atoms with Crippen molar-refractivity contribution >= 4 is 5.78 Å². The van der Waals surface area contributed by atoms with Crippen molar-refractivity contribution in [2.45, 2.75) is 31.4 Å². The third-order valence-corrected chi connectivity index (χ3v) is 4.67. The molecule has 1 saturated carbocycles. The normalized spacial score (nSPS) is 15.3. The summed E-state index contributed by atoms with van der Waals surface area (Å²) in [5.41, 5.74) is 7.01. The van der Waals surface area contributed by atoms with Gasteiger partial charge in [-0.05, 0) is 43.5 Å². The minimum absolute atomic E-state index is 0.0209. The quantitative estimate of drug-likeness (QED) is 0.687. The first-order valence-corrected chi connectivity index (χ1v) is 8.59. The molecule has 4 rings (SSSR count). The fraction of sp³-hybridized carbons (Fsp3) is 0.250. The Morgan fingerprint density at radius 2 is 1.77 bits per heavy atom. The largest absolute Gasteiger partial charge is 0.484 e. The molecular formula is C20H19N3O3. The zero-order valence-electron chi connectivity index (χ0n) is 14.2. The van der Waals surface area contributed by atoms with Crippen LogP contribution in [-0.4, -0.2) is 15.9 Å². The fourth-order valence-electron chi connectivity index (χ4n) is 2.90. The first-order chi connectivity index (χ1) is 12.6. The molecule has 6 heteroatoms. The van der Waals surface area contributed by atoms with E-state index in [4.69, 9.17) is 15.0 Å². The number of carbonyl (C=O) groups is 1. The van der Waals surface area contributed by atoms with Crippen molar-refractivity contribution in [1.82, 2.24) is 10.1 Å². The van der Waals surface area contributed by atoms with Gasteiger partial charge in [0.15, 0.2) is 18.2 Å². The molecule has 26 heavy (non-hydrogen) atoms. The lowest BCUT2D eigenvalue weighted by molar-refractivity contribution is 0.103. The highest BCUT2D eigenvalue weighted by atomic mass is 16.5. The maximum absolute atomic E-state index is 12.4. The highest BCUT2D eigenvalue weighted by molar-refractivity contribution is 6.08. The molecule has 0 spiro atoms. The van der Waals surface area contributed by atoms with E-state index >= 15 is 0 Å². The van der Waals surface area contributed by atoms with Crippen LogP contribution in [0.25, 0.3) is 0 Å². The van der Waals surface area contributed by atoms with Crippen LogP contribution in [-0.2, 0) is 12.1 Å². The van der Waals surface area contributed by atoms with Crippen LogP contribution in [0.4, 0.5) is 0 Å². The lowest BCUT2D eigenvalue weighted by Crippen LogP contribution is -2.44. The Bertz CT molecular complexity index is 900. The molecule has 6 nitrogen and oxygen atoms in total. The lowest BCUT2D eigenvalue weighted by Gasteiger charge is -2.34. The van der Waals surface area contributed by atoms with Gasteiger partial charge in [-0.1, -0.05) is 35.5 Å². The van der Waals surface area contributed by atoms with Gasteiger partial charge in [0.05, 0.1) is 5.54 Å². The summed E-state index contributed by atoms with van der Waals surface area (Å²) < 4.78 is 10.9. The average molecular weight is 349 g/mol. The predicted molar refractivity (Wildman–Crippen MR) is 94.7 cm³/mol. The van der Waals surface area contributed by atoms with E-state index in [1.807, 2.05) is 18.2 Å². The summed E-state index contributed by atoms with van der Waals surface area (Å²) in [5.74, 6) is 1.54. The predicted octanol–water partition coefficient (Wildman–Crippen LogP) is 3.22. The summed E-state index contributed by atoms with van der Waals surface area (Å²) in [6, 6.07) is 16.2. The molecule has 1 heterocycles. The van der Waals surface area contributed by atoms with Crippen LogP contribution < -0.4 is 10.5 Å². The minimum atomic E-state index is -0.443. The topological polar surface area (TPSA) is 91.2 Å². The standard InChI is InChI=1S/C20H19N3O3/c21-20(11-4-12-20)19-22-17(26-23-19)13-25-16-9-7-15(8-10-16)18(24)14-5-2-1-3-6-14/h1-3,5-10H,4,11-13,21H2. The van der Waals surface area contributed by atoms with Gasteiger partial charge in [0, 0.05) is 11.1 Å². The van der Waals surface area contributed by atoms with Crippen molar-refractivity contribution in [2.75, 3.05) is 0 Å². The van der Waals surface area contributed by atoms with Crippen molar-refractivity contribution in [3.05, 3.63) is 77.4 Å². The Morgan fingerprint density at radius 3 is 2.42 bits per heavy atom. The molecule has 0 aliphatic heterocycles. The van der Waals surface area contributed by atoms with E-state index in [-0.39, 0.29) is 12.4 Å². The van der Waals surface area contributed by atoms with Gasteiger partial charge in [0.25, 0.3) is 5.89 Å². The smallest absolute Gasteiger partial charge is 0.264 e. The highest BCUT2D eigenvalue weighted by Crippen LogP contribution is 2.36. The van der Waals surface area contributed by atoms with Crippen LogP contribution in [0, 0.1) is 0 Å². The van der Waals surface area contributed by atoms with E-state index in [0.717, 1.165) is 19.3 Å². The zero-order chi connectivity index (χ0) is 18.0. The number of ether oxygens (including phenoxy) is 1. The van der Waals surface area contributed by atoms with Crippen LogP contribution in [0.15, 0.2) is 59.1 Å². The first kappa shape index (κ1) is 16.5. The number of hydrogen-bond donors (Lipinski definition) is 1. The summed E-state index contributed by atoms with van der Waals surface area (Å²) in [7, 11) is 0. The van der Waals surface area contributed by atoms with Crippen LogP contribution in [0.5, 0.6) is 5.75 Å². The number of hydrogen-bond acceptors (Lipinski definition) is 6. The Morgan fingerprint density at radius 1 is 1.08 bits per heavy atom. The van der Waals surface area contributed by atoms with Crippen LogP contribution in [0.2, 0.25) is 0 Å². The third-order valence-electron chi connectivity index (χ3n) is 4.67.